The van der Waals surface area contributed by atoms with Gasteiger partial charge in [-0.05, 0) is 42.2 Å². The van der Waals surface area contributed by atoms with Crippen LogP contribution in [0.2, 0.25) is 10.0 Å². The molecule has 1 N–H and O–H groups in total. The molecule has 9 heteroatoms. The predicted octanol–water partition coefficient (Wildman–Crippen LogP) is 5.82. The molecule has 1 aromatic carbocycles. The molecule has 0 spiro atoms. The highest BCUT2D eigenvalue weighted by Crippen LogP contribution is 2.39. The van der Waals surface area contributed by atoms with E-state index in [-0.39, 0.29) is 17.0 Å². The summed E-state index contributed by atoms with van der Waals surface area (Å²) in [7, 11) is 0. The quantitative estimate of drug-likeness (QED) is 0.286. The van der Waals surface area contributed by atoms with Crippen LogP contribution in [-0.4, -0.2) is 44.1 Å². The summed E-state index contributed by atoms with van der Waals surface area (Å²) in [4.78, 5) is 20.5. The SMILES string of the molecule is C[C@H](c1c(Cl)ccc(F)c1Cl)c1c[nH]c2ncc(-c3cnn(C4CCN(C=O)CC4)c3)cc12. The van der Waals surface area contributed by atoms with Crippen molar-refractivity contribution >= 4 is 40.6 Å². The highest BCUT2D eigenvalue weighted by molar-refractivity contribution is 6.36. The van der Waals surface area contributed by atoms with E-state index >= 15 is 0 Å². The number of carbonyl (C=O) groups excluding carboxylic acids is 1. The van der Waals surface area contributed by atoms with Crippen LogP contribution in [0.5, 0.6) is 0 Å². The number of rotatable bonds is 5. The number of likely N-dealkylation sites (tertiary alicyclic amines) is 1. The number of amides is 1. The average Bonchev–Trinajstić information content (AvgIpc) is 3.49. The Balaban J connectivity index is 1.47. The van der Waals surface area contributed by atoms with Gasteiger partial charge in [0.2, 0.25) is 6.41 Å². The number of H-pyrrole nitrogens is 1. The monoisotopic (exact) mass is 485 g/mol. The van der Waals surface area contributed by atoms with E-state index < -0.39 is 5.82 Å². The van der Waals surface area contributed by atoms with Gasteiger partial charge in [-0.15, -0.1) is 0 Å². The van der Waals surface area contributed by atoms with Crippen molar-refractivity contribution in [3.8, 4) is 11.1 Å². The maximum absolute atomic E-state index is 14.1. The van der Waals surface area contributed by atoms with Gasteiger partial charge < -0.3 is 9.88 Å². The molecule has 1 aliphatic heterocycles. The molecule has 1 fully saturated rings. The number of aromatic amines is 1. The first kappa shape index (κ1) is 21.9. The largest absolute Gasteiger partial charge is 0.346 e. The molecule has 3 aromatic heterocycles. The molecule has 170 valence electrons. The van der Waals surface area contributed by atoms with Crippen LogP contribution >= 0.6 is 23.2 Å². The minimum absolute atomic E-state index is 0.0374. The van der Waals surface area contributed by atoms with Crippen LogP contribution in [0.4, 0.5) is 4.39 Å². The molecule has 0 radical (unpaired) electrons. The van der Waals surface area contributed by atoms with Crippen molar-refractivity contribution in [1.82, 2.24) is 24.6 Å². The van der Waals surface area contributed by atoms with Gasteiger partial charge >= 0.3 is 0 Å². The van der Waals surface area contributed by atoms with Crippen molar-refractivity contribution in [3.63, 3.8) is 0 Å². The summed E-state index contributed by atoms with van der Waals surface area (Å²) >= 11 is 12.6. The van der Waals surface area contributed by atoms with Crippen molar-refractivity contribution in [2.75, 3.05) is 13.1 Å². The number of hydrogen-bond acceptors (Lipinski definition) is 3. The third kappa shape index (κ3) is 4.00. The lowest BCUT2D eigenvalue weighted by Crippen LogP contribution is -2.33. The Morgan fingerprint density at radius 1 is 1.21 bits per heavy atom. The predicted molar refractivity (Wildman–Crippen MR) is 127 cm³/mol. The zero-order valence-electron chi connectivity index (χ0n) is 17.9. The van der Waals surface area contributed by atoms with E-state index in [0.717, 1.165) is 60.1 Å². The zero-order valence-corrected chi connectivity index (χ0v) is 19.4. The number of carbonyl (C=O) groups is 1. The Kier molecular flexibility index (Phi) is 5.85. The number of nitrogens with one attached hydrogen (secondary N) is 1. The average molecular weight is 486 g/mol. The second-order valence-corrected chi connectivity index (χ2v) is 9.21. The van der Waals surface area contributed by atoms with Crippen LogP contribution in [-0.2, 0) is 4.79 Å². The van der Waals surface area contributed by atoms with Crippen LogP contribution in [0.1, 0.15) is 42.9 Å². The van der Waals surface area contributed by atoms with Crippen molar-refractivity contribution in [3.05, 3.63) is 70.0 Å². The van der Waals surface area contributed by atoms with E-state index in [1.807, 2.05) is 36.4 Å². The molecule has 33 heavy (non-hydrogen) atoms. The maximum Gasteiger partial charge on any atom is 0.209 e. The number of halogens is 3. The summed E-state index contributed by atoms with van der Waals surface area (Å²) in [6.07, 6.45) is 10.2. The Hall–Kier alpha value is -2.90. The van der Waals surface area contributed by atoms with E-state index in [4.69, 9.17) is 23.2 Å². The minimum Gasteiger partial charge on any atom is -0.346 e. The topological polar surface area (TPSA) is 66.8 Å². The van der Waals surface area contributed by atoms with Crippen molar-refractivity contribution in [1.29, 1.82) is 0 Å². The van der Waals surface area contributed by atoms with Gasteiger partial charge in [0, 0.05) is 59.1 Å². The summed E-state index contributed by atoms with van der Waals surface area (Å²) in [6.45, 7) is 3.44. The molecule has 1 aliphatic rings. The van der Waals surface area contributed by atoms with E-state index in [1.165, 1.54) is 12.1 Å². The normalized spacial score (nSPS) is 15.8. The fraction of sp³-hybridized carbons (Fsp3) is 0.292. The number of benzene rings is 1. The number of pyridine rings is 1. The fourth-order valence-electron chi connectivity index (χ4n) is 4.58. The molecule has 5 rings (SSSR count). The standard InChI is InChI=1S/C24H22Cl2FN5O/c1-14(22-20(25)2-3-21(27)23(22)26)19-11-29-24-18(19)8-15(9-28-24)16-10-30-32(12-16)17-4-6-31(13-33)7-5-17/h2-3,8-14,17H,4-7H2,1H3,(H,28,29)/t14-/m0/s1. The summed E-state index contributed by atoms with van der Waals surface area (Å²) in [5.74, 6) is -0.731. The first-order valence-electron chi connectivity index (χ1n) is 10.8. The Bertz CT molecular complexity index is 1330. The first-order chi connectivity index (χ1) is 16.0. The molecule has 6 nitrogen and oxygen atoms in total. The Morgan fingerprint density at radius 2 is 2.00 bits per heavy atom. The Morgan fingerprint density at radius 3 is 2.76 bits per heavy atom. The molecular weight excluding hydrogens is 464 g/mol. The molecule has 4 heterocycles. The molecule has 1 saturated heterocycles. The Labute approximate surface area is 200 Å². The van der Waals surface area contributed by atoms with Crippen molar-refractivity contribution in [2.24, 2.45) is 0 Å². The number of hydrogen-bond donors (Lipinski definition) is 1. The second-order valence-electron chi connectivity index (χ2n) is 8.42. The van der Waals surface area contributed by atoms with Gasteiger partial charge in [-0.3, -0.25) is 9.48 Å². The highest BCUT2D eigenvalue weighted by atomic mass is 35.5. The summed E-state index contributed by atoms with van der Waals surface area (Å²) in [5.41, 5.74) is 4.12. The fourth-order valence-corrected chi connectivity index (χ4v) is 5.28. The summed E-state index contributed by atoms with van der Waals surface area (Å²) < 4.78 is 16.1. The lowest BCUT2D eigenvalue weighted by atomic mass is 9.92. The molecule has 0 unspecified atom stereocenters. The smallest absolute Gasteiger partial charge is 0.209 e. The number of nitrogens with zero attached hydrogens (tertiary/aromatic N) is 4. The van der Waals surface area contributed by atoms with Crippen LogP contribution in [0.3, 0.4) is 0 Å². The number of piperidine rings is 1. The first-order valence-corrected chi connectivity index (χ1v) is 11.6. The van der Waals surface area contributed by atoms with E-state index in [0.29, 0.717) is 10.6 Å². The van der Waals surface area contributed by atoms with Gasteiger partial charge in [0.05, 0.1) is 17.3 Å². The number of aromatic nitrogens is 4. The third-order valence-corrected chi connectivity index (χ3v) is 7.21. The third-order valence-electron chi connectivity index (χ3n) is 6.50. The molecule has 0 aliphatic carbocycles. The lowest BCUT2D eigenvalue weighted by Gasteiger charge is -2.29. The van der Waals surface area contributed by atoms with Crippen molar-refractivity contribution in [2.45, 2.75) is 31.7 Å². The lowest BCUT2D eigenvalue weighted by molar-refractivity contribution is -0.119. The van der Waals surface area contributed by atoms with Crippen LogP contribution in [0, 0.1) is 5.82 Å². The minimum atomic E-state index is -0.493. The van der Waals surface area contributed by atoms with Gasteiger partial charge in [0.15, 0.2) is 0 Å². The van der Waals surface area contributed by atoms with Gasteiger partial charge in [0.1, 0.15) is 11.5 Å². The summed E-state index contributed by atoms with van der Waals surface area (Å²) in [6, 6.07) is 5.13. The molecule has 1 atom stereocenters. The maximum atomic E-state index is 14.1. The van der Waals surface area contributed by atoms with Gasteiger partial charge in [0.25, 0.3) is 0 Å². The van der Waals surface area contributed by atoms with E-state index in [1.54, 1.807) is 4.90 Å². The molecular formula is C24H22Cl2FN5O. The van der Waals surface area contributed by atoms with Gasteiger partial charge in [-0.1, -0.05) is 30.1 Å². The van der Waals surface area contributed by atoms with E-state index in [2.05, 4.69) is 21.1 Å². The highest BCUT2D eigenvalue weighted by Gasteiger charge is 2.23. The van der Waals surface area contributed by atoms with Gasteiger partial charge in [-0.2, -0.15) is 5.10 Å². The molecule has 0 bridgehead atoms. The number of fused-ring (bicyclic) bond motifs is 1. The molecule has 0 saturated carbocycles. The van der Waals surface area contributed by atoms with Crippen LogP contribution in [0.25, 0.3) is 22.2 Å². The van der Waals surface area contributed by atoms with Gasteiger partial charge in [-0.25, -0.2) is 9.37 Å². The zero-order chi connectivity index (χ0) is 23.1. The summed E-state index contributed by atoms with van der Waals surface area (Å²) in [5, 5.41) is 5.95. The molecule has 1 amide bonds. The van der Waals surface area contributed by atoms with Crippen LogP contribution < -0.4 is 0 Å². The van der Waals surface area contributed by atoms with Crippen LogP contribution in [0.15, 0.2) is 43.0 Å². The van der Waals surface area contributed by atoms with E-state index in [9.17, 15) is 9.18 Å². The van der Waals surface area contributed by atoms with Crippen molar-refractivity contribution < 1.29 is 9.18 Å². The second kappa shape index (κ2) is 8.80. The molecule has 4 aromatic rings.